The van der Waals surface area contributed by atoms with Crippen LogP contribution in [0.15, 0.2) is 58.0 Å². The second kappa shape index (κ2) is 5.33. The van der Waals surface area contributed by atoms with Gasteiger partial charge in [0.05, 0.1) is 5.69 Å². The Balaban J connectivity index is 1.94. The number of aromatic carboxylic acids is 1. The number of benzene rings is 2. The number of para-hydroxylation sites is 1. The number of aromatic hydroxyl groups is 1. The number of anilines is 1. The number of hydrogen-bond donors (Lipinski definition) is 3. The van der Waals surface area contributed by atoms with Crippen LogP contribution in [-0.4, -0.2) is 24.6 Å². The number of rotatable bonds is 4. The Morgan fingerprint density at radius 3 is 2.48 bits per heavy atom. The second-order valence-corrected chi connectivity index (χ2v) is 6.36. The van der Waals surface area contributed by atoms with Crippen molar-refractivity contribution in [2.75, 3.05) is 4.72 Å². The van der Waals surface area contributed by atoms with Crippen molar-refractivity contribution in [1.82, 2.24) is 0 Å². The lowest BCUT2D eigenvalue weighted by molar-refractivity contribution is 0.0694. The maximum Gasteiger partial charge on any atom is 0.339 e. The number of phenols is 1. The lowest BCUT2D eigenvalue weighted by Gasteiger charge is -2.07. The number of nitrogens with one attached hydrogen (secondary N) is 1. The Kier molecular flexibility index (Phi) is 3.45. The van der Waals surface area contributed by atoms with Crippen LogP contribution in [0.2, 0.25) is 0 Å². The number of sulfonamides is 1. The van der Waals surface area contributed by atoms with E-state index in [-0.39, 0.29) is 16.3 Å². The van der Waals surface area contributed by atoms with E-state index >= 15 is 0 Å². The van der Waals surface area contributed by atoms with Crippen molar-refractivity contribution in [1.29, 1.82) is 0 Å². The first-order chi connectivity index (χ1) is 10.9. The van der Waals surface area contributed by atoms with Gasteiger partial charge in [0, 0.05) is 17.5 Å². The van der Waals surface area contributed by atoms with Gasteiger partial charge in [-0.3, -0.25) is 4.72 Å². The highest BCUT2D eigenvalue weighted by molar-refractivity contribution is 7.92. The molecular weight excluding hydrogens is 322 g/mol. The van der Waals surface area contributed by atoms with E-state index in [0.29, 0.717) is 11.0 Å². The monoisotopic (exact) mass is 333 g/mol. The quantitative estimate of drug-likeness (QED) is 0.676. The summed E-state index contributed by atoms with van der Waals surface area (Å²) < 4.78 is 32.1. The molecule has 118 valence electrons. The van der Waals surface area contributed by atoms with E-state index in [1.165, 1.54) is 12.1 Å². The minimum absolute atomic E-state index is 0.0213. The van der Waals surface area contributed by atoms with Gasteiger partial charge in [-0.1, -0.05) is 18.2 Å². The highest BCUT2D eigenvalue weighted by Crippen LogP contribution is 2.27. The van der Waals surface area contributed by atoms with Gasteiger partial charge in [-0.2, -0.15) is 8.42 Å². The third-order valence-corrected chi connectivity index (χ3v) is 4.38. The second-order valence-electron chi connectivity index (χ2n) is 4.75. The number of furan rings is 1. The molecular formula is C15H11NO6S. The zero-order chi connectivity index (χ0) is 16.6. The van der Waals surface area contributed by atoms with E-state index in [4.69, 9.17) is 9.52 Å². The van der Waals surface area contributed by atoms with Crippen LogP contribution in [0.25, 0.3) is 11.0 Å². The predicted octanol–water partition coefficient (Wildman–Crippen LogP) is 2.64. The minimum atomic E-state index is -4.00. The number of carbonyl (C=O) groups is 1. The summed E-state index contributed by atoms with van der Waals surface area (Å²) in [4.78, 5) is 10.8. The summed E-state index contributed by atoms with van der Waals surface area (Å²) in [7, 11) is -4.00. The van der Waals surface area contributed by atoms with Gasteiger partial charge in [0.1, 0.15) is 16.9 Å². The summed E-state index contributed by atoms with van der Waals surface area (Å²) in [6, 6.07) is 11.6. The molecule has 0 fully saturated rings. The van der Waals surface area contributed by atoms with Crippen LogP contribution in [0, 0.1) is 0 Å². The average molecular weight is 333 g/mol. The van der Waals surface area contributed by atoms with Crippen molar-refractivity contribution in [3.8, 4) is 5.75 Å². The topological polar surface area (TPSA) is 117 Å². The van der Waals surface area contributed by atoms with Gasteiger partial charge in [0.25, 0.3) is 10.0 Å². The van der Waals surface area contributed by atoms with Crippen LogP contribution in [0.1, 0.15) is 10.4 Å². The van der Waals surface area contributed by atoms with E-state index in [0.717, 1.165) is 12.1 Å². The molecule has 0 aliphatic heterocycles. The Labute approximate surface area is 130 Å². The molecule has 0 amide bonds. The van der Waals surface area contributed by atoms with Crippen molar-refractivity contribution in [2.45, 2.75) is 5.09 Å². The van der Waals surface area contributed by atoms with E-state index in [2.05, 4.69) is 4.72 Å². The minimum Gasteiger partial charge on any atom is -0.507 e. The largest absolute Gasteiger partial charge is 0.507 e. The lowest BCUT2D eigenvalue weighted by Crippen LogP contribution is -2.12. The molecule has 0 bridgehead atoms. The number of carboxylic acid groups (broad SMARTS) is 1. The van der Waals surface area contributed by atoms with Gasteiger partial charge in [0.15, 0.2) is 0 Å². The van der Waals surface area contributed by atoms with Gasteiger partial charge in [-0.15, -0.1) is 0 Å². The molecule has 0 aliphatic rings. The maximum atomic E-state index is 12.3. The lowest BCUT2D eigenvalue weighted by atomic mass is 10.2. The van der Waals surface area contributed by atoms with Gasteiger partial charge < -0.3 is 14.6 Å². The van der Waals surface area contributed by atoms with Crippen molar-refractivity contribution >= 4 is 32.6 Å². The summed E-state index contributed by atoms with van der Waals surface area (Å²) in [6.07, 6.45) is 0. The van der Waals surface area contributed by atoms with Crippen LogP contribution in [0.4, 0.5) is 5.69 Å². The standard InChI is InChI=1S/C15H11NO6S/c17-12-8-10(5-6-11(12)15(18)19)16-23(20,21)14-7-9-3-1-2-4-13(9)22-14/h1-8,16-17H,(H,18,19). The number of carboxylic acids is 1. The van der Waals surface area contributed by atoms with Crippen LogP contribution in [-0.2, 0) is 10.0 Å². The molecule has 1 heterocycles. The first-order valence-corrected chi connectivity index (χ1v) is 7.93. The van der Waals surface area contributed by atoms with E-state index in [1.807, 2.05) is 0 Å². The molecule has 23 heavy (non-hydrogen) atoms. The molecule has 0 radical (unpaired) electrons. The molecule has 3 aromatic rings. The summed E-state index contributed by atoms with van der Waals surface area (Å²) >= 11 is 0. The van der Waals surface area contributed by atoms with Gasteiger partial charge in [-0.05, 0) is 18.2 Å². The van der Waals surface area contributed by atoms with Crippen LogP contribution >= 0.6 is 0 Å². The Morgan fingerprint density at radius 1 is 1.09 bits per heavy atom. The zero-order valence-electron chi connectivity index (χ0n) is 11.6. The molecule has 1 aromatic heterocycles. The van der Waals surface area contributed by atoms with Crippen molar-refractivity contribution in [3.63, 3.8) is 0 Å². The molecule has 0 saturated carbocycles. The number of fused-ring (bicyclic) bond motifs is 1. The SMILES string of the molecule is O=C(O)c1ccc(NS(=O)(=O)c2cc3ccccc3o2)cc1O. The van der Waals surface area contributed by atoms with Crippen molar-refractivity contribution in [2.24, 2.45) is 0 Å². The molecule has 0 aliphatic carbocycles. The van der Waals surface area contributed by atoms with Crippen LogP contribution in [0.5, 0.6) is 5.75 Å². The van der Waals surface area contributed by atoms with E-state index in [1.54, 1.807) is 24.3 Å². The fourth-order valence-electron chi connectivity index (χ4n) is 2.07. The third kappa shape index (κ3) is 2.84. The number of hydrogen-bond acceptors (Lipinski definition) is 5. The molecule has 2 aromatic carbocycles. The molecule has 0 unspecified atom stereocenters. The Bertz CT molecular complexity index is 973. The molecule has 0 saturated heterocycles. The normalized spacial score (nSPS) is 11.5. The summed E-state index contributed by atoms with van der Waals surface area (Å²) in [5, 5.41) is 18.8. The summed E-state index contributed by atoms with van der Waals surface area (Å²) in [5.41, 5.74) is 0.126. The van der Waals surface area contributed by atoms with Gasteiger partial charge in [0.2, 0.25) is 5.09 Å². The molecule has 8 heteroatoms. The fraction of sp³-hybridized carbons (Fsp3) is 0. The average Bonchev–Trinajstić information content (AvgIpc) is 2.91. The highest BCUT2D eigenvalue weighted by Gasteiger charge is 2.20. The van der Waals surface area contributed by atoms with E-state index < -0.39 is 21.7 Å². The molecule has 3 N–H and O–H groups in total. The van der Waals surface area contributed by atoms with Crippen molar-refractivity contribution < 1.29 is 27.8 Å². The summed E-state index contributed by atoms with van der Waals surface area (Å²) in [6.45, 7) is 0. The Hall–Kier alpha value is -3.00. The molecule has 0 atom stereocenters. The first-order valence-electron chi connectivity index (χ1n) is 6.44. The third-order valence-electron chi connectivity index (χ3n) is 3.15. The highest BCUT2D eigenvalue weighted by atomic mass is 32.2. The van der Waals surface area contributed by atoms with Gasteiger partial charge in [-0.25, -0.2) is 4.79 Å². The molecule has 7 nitrogen and oxygen atoms in total. The smallest absolute Gasteiger partial charge is 0.339 e. The zero-order valence-corrected chi connectivity index (χ0v) is 12.4. The van der Waals surface area contributed by atoms with Crippen LogP contribution < -0.4 is 4.72 Å². The van der Waals surface area contributed by atoms with Crippen LogP contribution in [0.3, 0.4) is 0 Å². The molecule has 3 rings (SSSR count). The summed E-state index contributed by atoms with van der Waals surface area (Å²) in [5.74, 6) is -1.85. The van der Waals surface area contributed by atoms with Crippen molar-refractivity contribution in [3.05, 3.63) is 54.1 Å². The van der Waals surface area contributed by atoms with E-state index in [9.17, 15) is 18.3 Å². The predicted molar refractivity (Wildman–Crippen MR) is 82.1 cm³/mol. The Morgan fingerprint density at radius 2 is 1.83 bits per heavy atom. The maximum absolute atomic E-state index is 12.3. The molecule has 0 spiro atoms. The van der Waals surface area contributed by atoms with Gasteiger partial charge >= 0.3 is 5.97 Å². The fourth-order valence-corrected chi connectivity index (χ4v) is 3.09. The first kappa shape index (κ1) is 14.9.